The topological polar surface area (TPSA) is 53.8 Å². The van der Waals surface area contributed by atoms with E-state index in [2.05, 4.69) is 13.8 Å². The molecule has 2 aromatic rings. The van der Waals surface area contributed by atoms with Gasteiger partial charge in [-0.15, -0.1) is 0 Å². The highest BCUT2D eigenvalue weighted by molar-refractivity contribution is 5.95. The first-order valence-corrected chi connectivity index (χ1v) is 8.94. The lowest BCUT2D eigenvalue weighted by atomic mass is 10.0. The molecule has 1 fully saturated rings. The standard InChI is InChI=1S/C21H24N2O3/c1-16(2)17-5-7-18(8-6-17)21(25)23-13-11-22(12-14-23)20(24)10-9-19-4-3-15-26-19/h3-10,15-16H,11-14H2,1-2H3. The second-order valence-electron chi connectivity index (χ2n) is 6.74. The van der Waals surface area contributed by atoms with E-state index in [4.69, 9.17) is 4.42 Å². The third-order valence-corrected chi connectivity index (χ3v) is 4.64. The van der Waals surface area contributed by atoms with Gasteiger partial charge in [-0.2, -0.15) is 0 Å². The van der Waals surface area contributed by atoms with Crippen LogP contribution in [-0.4, -0.2) is 47.8 Å². The van der Waals surface area contributed by atoms with Gasteiger partial charge in [-0.1, -0.05) is 26.0 Å². The Balaban J connectivity index is 1.54. The van der Waals surface area contributed by atoms with Crippen LogP contribution in [0.4, 0.5) is 0 Å². The summed E-state index contributed by atoms with van der Waals surface area (Å²) in [7, 11) is 0. The number of rotatable bonds is 4. The molecule has 1 aliphatic rings. The molecule has 1 aromatic heterocycles. The highest BCUT2D eigenvalue weighted by atomic mass is 16.3. The van der Waals surface area contributed by atoms with Crippen LogP contribution < -0.4 is 0 Å². The molecule has 3 rings (SSSR count). The molecule has 0 aliphatic carbocycles. The fourth-order valence-corrected chi connectivity index (χ4v) is 2.97. The second kappa shape index (κ2) is 8.04. The number of carbonyl (C=O) groups is 2. The lowest BCUT2D eigenvalue weighted by Crippen LogP contribution is -2.50. The van der Waals surface area contributed by atoms with Gasteiger partial charge >= 0.3 is 0 Å². The fraction of sp³-hybridized carbons (Fsp3) is 0.333. The number of furan rings is 1. The number of nitrogens with zero attached hydrogens (tertiary/aromatic N) is 2. The first-order chi connectivity index (χ1) is 12.5. The molecule has 0 bridgehead atoms. The van der Waals surface area contributed by atoms with Crippen LogP contribution in [0, 0.1) is 0 Å². The summed E-state index contributed by atoms with van der Waals surface area (Å²) in [5, 5.41) is 0. The van der Waals surface area contributed by atoms with Gasteiger partial charge in [0.15, 0.2) is 0 Å². The predicted molar refractivity (Wildman–Crippen MR) is 101 cm³/mol. The third-order valence-electron chi connectivity index (χ3n) is 4.64. The van der Waals surface area contributed by atoms with Crippen LogP contribution in [0.15, 0.2) is 53.2 Å². The molecular formula is C21H24N2O3. The van der Waals surface area contributed by atoms with E-state index in [1.807, 2.05) is 29.2 Å². The van der Waals surface area contributed by atoms with Crippen LogP contribution in [0.25, 0.3) is 6.08 Å². The highest BCUT2D eigenvalue weighted by Crippen LogP contribution is 2.16. The van der Waals surface area contributed by atoms with E-state index < -0.39 is 0 Å². The molecule has 0 unspecified atom stereocenters. The molecule has 0 radical (unpaired) electrons. The van der Waals surface area contributed by atoms with Gasteiger partial charge in [0.25, 0.3) is 5.91 Å². The molecule has 26 heavy (non-hydrogen) atoms. The Bertz CT molecular complexity index is 768. The average molecular weight is 352 g/mol. The van der Waals surface area contributed by atoms with Gasteiger partial charge in [0, 0.05) is 37.8 Å². The maximum absolute atomic E-state index is 12.6. The van der Waals surface area contributed by atoms with Crippen molar-refractivity contribution in [2.24, 2.45) is 0 Å². The molecule has 2 heterocycles. The summed E-state index contributed by atoms with van der Waals surface area (Å²) in [4.78, 5) is 28.4. The smallest absolute Gasteiger partial charge is 0.253 e. The van der Waals surface area contributed by atoms with E-state index >= 15 is 0 Å². The minimum absolute atomic E-state index is 0.0264. The van der Waals surface area contributed by atoms with Crippen LogP contribution in [-0.2, 0) is 4.79 Å². The van der Waals surface area contributed by atoms with E-state index in [-0.39, 0.29) is 11.8 Å². The summed E-state index contributed by atoms with van der Waals surface area (Å²) in [6.45, 7) is 6.44. The van der Waals surface area contributed by atoms with E-state index in [9.17, 15) is 9.59 Å². The SMILES string of the molecule is CC(C)c1ccc(C(=O)N2CCN(C(=O)C=Cc3ccco3)CC2)cc1. The van der Waals surface area contributed by atoms with Crippen LogP contribution in [0.5, 0.6) is 0 Å². The minimum atomic E-state index is -0.0604. The number of piperazine rings is 1. The Kier molecular flexibility index (Phi) is 5.56. The summed E-state index contributed by atoms with van der Waals surface area (Å²) >= 11 is 0. The number of hydrogen-bond acceptors (Lipinski definition) is 3. The lowest BCUT2D eigenvalue weighted by molar-refractivity contribution is -0.127. The van der Waals surface area contributed by atoms with Gasteiger partial charge < -0.3 is 14.2 Å². The fourth-order valence-electron chi connectivity index (χ4n) is 2.97. The van der Waals surface area contributed by atoms with E-state index in [0.717, 1.165) is 0 Å². The number of amides is 2. The van der Waals surface area contributed by atoms with Crippen molar-refractivity contribution in [2.45, 2.75) is 19.8 Å². The summed E-state index contributed by atoms with van der Waals surface area (Å²) < 4.78 is 5.18. The molecule has 0 saturated carbocycles. The summed E-state index contributed by atoms with van der Waals surface area (Å²) in [5.74, 6) is 1.06. The van der Waals surface area contributed by atoms with Crippen LogP contribution in [0.2, 0.25) is 0 Å². The van der Waals surface area contributed by atoms with Crippen molar-refractivity contribution in [1.82, 2.24) is 9.80 Å². The van der Waals surface area contributed by atoms with Gasteiger partial charge in [0.2, 0.25) is 5.91 Å². The van der Waals surface area contributed by atoms with Gasteiger partial charge in [-0.25, -0.2) is 0 Å². The molecule has 5 heteroatoms. The Morgan fingerprint density at radius 3 is 2.23 bits per heavy atom. The van der Waals surface area contributed by atoms with E-state index in [1.165, 1.54) is 11.6 Å². The van der Waals surface area contributed by atoms with Gasteiger partial charge in [-0.05, 0) is 41.8 Å². The second-order valence-corrected chi connectivity index (χ2v) is 6.74. The van der Waals surface area contributed by atoms with Crippen molar-refractivity contribution in [3.63, 3.8) is 0 Å². The van der Waals surface area contributed by atoms with Gasteiger partial charge in [0.1, 0.15) is 5.76 Å². The van der Waals surface area contributed by atoms with Crippen molar-refractivity contribution >= 4 is 17.9 Å². The molecule has 136 valence electrons. The van der Waals surface area contributed by atoms with Gasteiger partial charge in [0.05, 0.1) is 6.26 Å². The minimum Gasteiger partial charge on any atom is -0.465 e. The van der Waals surface area contributed by atoms with Crippen molar-refractivity contribution in [1.29, 1.82) is 0 Å². The van der Waals surface area contributed by atoms with Crippen molar-refractivity contribution in [2.75, 3.05) is 26.2 Å². The third kappa shape index (κ3) is 4.23. The zero-order valence-corrected chi connectivity index (χ0v) is 15.2. The molecular weight excluding hydrogens is 328 g/mol. The maximum atomic E-state index is 12.6. The van der Waals surface area contributed by atoms with Gasteiger partial charge in [-0.3, -0.25) is 9.59 Å². The predicted octanol–water partition coefficient (Wildman–Crippen LogP) is 3.40. The Labute approximate surface area is 153 Å². The molecule has 0 N–H and O–H groups in total. The van der Waals surface area contributed by atoms with Crippen LogP contribution >= 0.6 is 0 Å². The molecule has 0 atom stereocenters. The van der Waals surface area contributed by atoms with E-state index in [0.29, 0.717) is 43.4 Å². The Morgan fingerprint density at radius 2 is 1.65 bits per heavy atom. The summed E-state index contributed by atoms with van der Waals surface area (Å²) in [6, 6.07) is 11.4. The van der Waals surface area contributed by atoms with Crippen molar-refractivity contribution < 1.29 is 14.0 Å². The number of benzene rings is 1. The quantitative estimate of drug-likeness (QED) is 0.793. The molecule has 1 aliphatic heterocycles. The first-order valence-electron chi connectivity index (χ1n) is 8.94. The average Bonchev–Trinajstić information content (AvgIpc) is 3.19. The van der Waals surface area contributed by atoms with Crippen molar-refractivity contribution in [3.05, 3.63) is 65.6 Å². The molecule has 1 aromatic carbocycles. The summed E-state index contributed by atoms with van der Waals surface area (Å²) in [5.41, 5.74) is 1.92. The normalized spacial score (nSPS) is 15.0. The molecule has 1 saturated heterocycles. The monoisotopic (exact) mass is 352 g/mol. The lowest BCUT2D eigenvalue weighted by Gasteiger charge is -2.34. The van der Waals surface area contributed by atoms with E-state index in [1.54, 1.807) is 29.4 Å². The van der Waals surface area contributed by atoms with Crippen LogP contribution in [0.1, 0.15) is 41.4 Å². The number of carbonyl (C=O) groups excluding carboxylic acids is 2. The molecule has 2 amide bonds. The van der Waals surface area contributed by atoms with Crippen LogP contribution in [0.3, 0.4) is 0 Å². The maximum Gasteiger partial charge on any atom is 0.253 e. The first kappa shape index (κ1) is 18.0. The zero-order chi connectivity index (χ0) is 18.5. The summed E-state index contributed by atoms with van der Waals surface area (Å²) in [6.07, 6.45) is 4.75. The molecule has 0 spiro atoms. The Morgan fingerprint density at radius 1 is 1.00 bits per heavy atom. The molecule has 5 nitrogen and oxygen atoms in total. The largest absolute Gasteiger partial charge is 0.465 e. The zero-order valence-electron chi connectivity index (χ0n) is 15.2. The highest BCUT2D eigenvalue weighted by Gasteiger charge is 2.23. The number of hydrogen-bond donors (Lipinski definition) is 0. The van der Waals surface area contributed by atoms with Crippen molar-refractivity contribution in [3.8, 4) is 0 Å². The Hall–Kier alpha value is -2.82.